The van der Waals surface area contributed by atoms with Gasteiger partial charge in [-0.3, -0.25) is 9.59 Å². The summed E-state index contributed by atoms with van der Waals surface area (Å²) in [4.78, 5) is 30.5. The quantitative estimate of drug-likeness (QED) is 0.920. The first-order chi connectivity index (χ1) is 12.0. The molecule has 2 aromatic heterocycles. The first-order valence-corrected chi connectivity index (χ1v) is 8.81. The van der Waals surface area contributed by atoms with Crippen LogP contribution in [0.5, 0.6) is 0 Å². The Hall–Kier alpha value is -2.44. The Balaban J connectivity index is 1.58. The highest BCUT2D eigenvalue weighted by atomic mass is 16.4. The van der Waals surface area contributed by atoms with Gasteiger partial charge in [0, 0.05) is 30.7 Å². The van der Waals surface area contributed by atoms with Crippen LogP contribution < -0.4 is 0 Å². The largest absolute Gasteiger partial charge is 0.481 e. The minimum atomic E-state index is -0.793. The summed E-state index contributed by atoms with van der Waals surface area (Å²) in [5, 5.41) is 14.6. The minimum Gasteiger partial charge on any atom is -0.481 e. The number of carbonyl (C=O) groups is 2. The molecule has 2 aromatic rings. The van der Waals surface area contributed by atoms with E-state index in [0.717, 1.165) is 23.9 Å². The Morgan fingerprint density at radius 3 is 2.64 bits per heavy atom. The van der Waals surface area contributed by atoms with Crippen molar-refractivity contribution in [1.29, 1.82) is 0 Å². The number of carboxylic acid groups (broad SMARTS) is 1. The van der Waals surface area contributed by atoms with E-state index < -0.39 is 11.9 Å². The second-order valence-corrected chi connectivity index (χ2v) is 7.48. The second kappa shape index (κ2) is 5.82. The van der Waals surface area contributed by atoms with Gasteiger partial charge in [-0.15, -0.1) is 0 Å². The molecule has 7 nitrogen and oxygen atoms in total. The van der Waals surface area contributed by atoms with Crippen molar-refractivity contribution in [2.75, 3.05) is 13.1 Å². The highest BCUT2D eigenvalue weighted by Crippen LogP contribution is 2.44. The summed E-state index contributed by atoms with van der Waals surface area (Å²) < 4.78 is 1.82. The Bertz CT molecular complexity index is 840. The molecule has 0 aromatic carbocycles. The molecule has 7 heteroatoms. The van der Waals surface area contributed by atoms with Crippen LogP contribution in [0.15, 0.2) is 18.5 Å². The Morgan fingerprint density at radius 1 is 1.24 bits per heavy atom. The lowest BCUT2D eigenvalue weighted by molar-refractivity contribution is -0.142. The van der Waals surface area contributed by atoms with Crippen LogP contribution in [0, 0.1) is 17.8 Å². The molecule has 1 amide bonds. The van der Waals surface area contributed by atoms with E-state index in [-0.39, 0.29) is 17.9 Å². The van der Waals surface area contributed by atoms with Crippen LogP contribution in [0.25, 0.3) is 11.0 Å². The fourth-order valence-electron chi connectivity index (χ4n) is 3.88. The van der Waals surface area contributed by atoms with Gasteiger partial charge in [0.05, 0.1) is 17.7 Å². The van der Waals surface area contributed by atoms with Crippen molar-refractivity contribution in [3.8, 4) is 0 Å². The predicted molar refractivity (Wildman–Crippen MR) is 91.2 cm³/mol. The maximum atomic E-state index is 12.9. The molecular weight excluding hydrogens is 320 g/mol. The van der Waals surface area contributed by atoms with Crippen molar-refractivity contribution in [3.63, 3.8) is 0 Å². The fraction of sp³-hybridized carbons (Fsp3) is 0.556. The number of likely N-dealkylation sites (tertiary alicyclic amines) is 1. The zero-order valence-corrected chi connectivity index (χ0v) is 14.4. The van der Waals surface area contributed by atoms with Crippen molar-refractivity contribution in [2.24, 2.45) is 17.8 Å². The SMILES string of the molecule is CC(C)n1ncc2cc(C(=O)N3C[C@H](C(=O)O)[C@@H](C4CC4)C3)cnc21. The van der Waals surface area contributed by atoms with Gasteiger partial charge in [-0.2, -0.15) is 5.10 Å². The van der Waals surface area contributed by atoms with Gasteiger partial charge in [0.2, 0.25) is 0 Å². The molecule has 2 atom stereocenters. The van der Waals surface area contributed by atoms with E-state index in [2.05, 4.69) is 10.1 Å². The average molecular weight is 342 g/mol. The van der Waals surface area contributed by atoms with Gasteiger partial charge in [-0.1, -0.05) is 0 Å². The van der Waals surface area contributed by atoms with Crippen molar-refractivity contribution < 1.29 is 14.7 Å². The summed E-state index contributed by atoms with van der Waals surface area (Å²) in [6.45, 7) is 4.88. The maximum Gasteiger partial charge on any atom is 0.308 e. The molecule has 2 fully saturated rings. The summed E-state index contributed by atoms with van der Waals surface area (Å²) in [5.74, 6) is -0.831. The van der Waals surface area contributed by atoms with Crippen molar-refractivity contribution in [1.82, 2.24) is 19.7 Å². The van der Waals surface area contributed by atoms with E-state index in [1.54, 1.807) is 23.4 Å². The molecule has 1 N–H and O–H groups in total. The molecule has 132 valence electrons. The molecule has 0 spiro atoms. The number of fused-ring (bicyclic) bond motifs is 1. The van der Waals surface area contributed by atoms with E-state index in [1.807, 2.05) is 18.5 Å². The maximum absolute atomic E-state index is 12.9. The monoisotopic (exact) mass is 342 g/mol. The lowest BCUT2D eigenvalue weighted by Gasteiger charge is -2.16. The fourth-order valence-corrected chi connectivity index (χ4v) is 3.88. The molecule has 0 unspecified atom stereocenters. The summed E-state index contributed by atoms with van der Waals surface area (Å²) in [5.41, 5.74) is 1.25. The number of rotatable bonds is 4. The molecule has 4 rings (SSSR count). The van der Waals surface area contributed by atoms with Crippen LogP contribution >= 0.6 is 0 Å². The zero-order chi connectivity index (χ0) is 17.7. The van der Waals surface area contributed by atoms with Crippen LogP contribution in [-0.4, -0.2) is 49.7 Å². The first-order valence-electron chi connectivity index (χ1n) is 8.81. The molecule has 1 aliphatic heterocycles. The molecule has 1 aliphatic carbocycles. The molecule has 1 saturated carbocycles. The number of pyridine rings is 1. The van der Waals surface area contributed by atoms with E-state index in [9.17, 15) is 14.7 Å². The van der Waals surface area contributed by atoms with Crippen LogP contribution in [-0.2, 0) is 4.79 Å². The van der Waals surface area contributed by atoms with E-state index in [0.29, 0.717) is 24.6 Å². The molecule has 3 heterocycles. The summed E-state index contributed by atoms with van der Waals surface area (Å²) in [7, 11) is 0. The van der Waals surface area contributed by atoms with Gasteiger partial charge in [-0.25, -0.2) is 9.67 Å². The van der Waals surface area contributed by atoms with Crippen molar-refractivity contribution in [2.45, 2.75) is 32.7 Å². The van der Waals surface area contributed by atoms with Gasteiger partial charge in [0.1, 0.15) is 0 Å². The number of aromatic nitrogens is 3. The summed E-state index contributed by atoms with van der Waals surface area (Å²) in [6, 6.07) is 2.00. The number of aliphatic carboxylic acids is 1. The number of hydrogen-bond acceptors (Lipinski definition) is 4. The number of carbonyl (C=O) groups excluding carboxylic acids is 1. The number of nitrogens with zero attached hydrogens (tertiary/aromatic N) is 4. The van der Waals surface area contributed by atoms with Crippen molar-refractivity contribution >= 4 is 22.9 Å². The lowest BCUT2D eigenvalue weighted by atomic mass is 9.92. The van der Waals surface area contributed by atoms with Crippen LogP contribution in [0.4, 0.5) is 0 Å². The number of carboxylic acids is 1. The van der Waals surface area contributed by atoms with E-state index >= 15 is 0 Å². The van der Waals surface area contributed by atoms with Crippen LogP contribution in [0.3, 0.4) is 0 Å². The third-order valence-electron chi connectivity index (χ3n) is 5.37. The Morgan fingerprint density at radius 2 is 2.00 bits per heavy atom. The van der Waals surface area contributed by atoms with Gasteiger partial charge in [0.15, 0.2) is 5.65 Å². The molecular formula is C18H22N4O3. The second-order valence-electron chi connectivity index (χ2n) is 7.48. The van der Waals surface area contributed by atoms with Crippen LogP contribution in [0.2, 0.25) is 0 Å². The topological polar surface area (TPSA) is 88.3 Å². The number of amides is 1. The normalized spacial score (nSPS) is 23.6. The Kier molecular flexibility index (Phi) is 3.74. The lowest BCUT2D eigenvalue weighted by Crippen LogP contribution is -2.30. The zero-order valence-electron chi connectivity index (χ0n) is 14.4. The van der Waals surface area contributed by atoms with Crippen LogP contribution in [0.1, 0.15) is 43.1 Å². The number of hydrogen-bond donors (Lipinski definition) is 1. The average Bonchev–Trinajstić information content (AvgIpc) is 3.18. The smallest absolute Gasteiger partial charge is 0.308 e. The summed E-state index contributed by atoms with van der Waals surface area (Å²) >= 11 is 0. The highest BCUT2D eigenvalue weighted by molar-refractivity contribution is 5.97. The molecule has 1 saturated heterocycles. The Labute approximate surface area is 145 Å². The molecule has 0 radical (unpaired) electrons. The third kappa shape index (κ3) is 2.77. The standard InChI is InChI=1S/C18H22N4O3/c1-10(2)22-16-12(7-20-22)5-13(6-19-16)17(23)21-8-14(11-3-4-11)15(9-21)18(24)25/h5-7,10-11,14-15H,3-4,8-9H2,1-2H3,(H,24,25)/t14-,15+/m1/s1. The van der Waals surface area contributed by atoms with Gasteiger partial charge < -0.3 is 10.0 Å². The van der Waals surface area contributed by atoms with Gasteiger partial charge >= 0.3 is 5.97 Å². The van der Waals surface area contributed by atoms with E-state index in [4.69, 9.17) is 0 Å². The molecule has 2 aliphatic rings. The van der Waals surface area contributed by atoms with Gasteiger partial charge in [0.25, 0.3) is 5.91 Å². The molecule has 25 heavy (non-hydrogen) atoms. The third-order valence-corrected chi connectivity index (χ3v) is 5.37. The van der Waals surface area contributed by atoms with Gasteiger partial charge in [-0.05, 0) is 44.6 Å². The van der Waals surface area contributed by atoms with Crippen molar-refractivity contribution in [3.05, 3.63) is 24.0 Å². The highest BCUT2D eigenvalue weighted by Gasteiger charge is 2.46. The first kappa shape index (κ1) is 16.1. The van der Waals surface area contributed by atoms with E-state index in [1.165, 1.54) is 0 Å². The predicted octanol–water partition coefficient (Wildman–Crippen LogP) is 2.20. The molecule has 0 bridgehead atoms. The minimum absolute atomic E-state index is 0.0850. The summed E-state index contributed by atoms with van der Waals surface area (Å²) in [6.07, 6.45) is 5.46.